The minimum atomic E-state index is -1.05. The van der Waals surface area contributed by atoms with Crippen LogP contribution < -0.4 is 5.73 Å². The monoisotopic (exact) mass is 197 g/mol. The maximum atomic E-state index is 10.5. The summed E-state index contributed by atoms with van der Waals surface area (Å²) >= 11 is 0. The first-order valence-electron chi connectivity index (χ1n) is 4.34. The Morgan fingerprint density at radius 1 is 1.36 bits per heavy atom. The van der Waals surface area contributed by atoms with Gasteiger partial charge in [0, 0.05) is 0 Å². The molecule has 78 valence electrons. The summed E-state index contributed by atoms with van der Waals surface area (Å²) in [6.45, 7) is 5.60. The number of rotatable bonds is 1. The van der Waals surface area contributed by atoms with Crippen molar-refractivity contribution in [2.45, 2.75) is 20.8 Å². The Bertz CT molecular complexity index is 311. The molecule has 0 unspecified atom stereocenters. The highest BCUT2D eigenvalue weighted by Gasteiger charge is 2.08. The molecule has 1 aromatic rings. The lowest BCUT2D eigenvalue weighted by molar-refractivity contribution is 0.0697. The predicted molar refractivity (Wildman–Crippen MR) is 55.6 cm³/mol. The first kappa shape index (κ1) is 12.3. The van der Waals surface area contributed by atoms with Gasteiger partial charge in [-0.05, 0) is 24.6 Å². The minimum absolute atomic E-state index is 0.0556. The van der Waals surface area contributed by atoms with E-state index in [1.807, 2.05) is 13.8 Å². The molecule has 0 aliphatic carbocycles. The van der Waals surface area contributed by atoms with Crippen LogP contribution >= 0.6 is 0 Å². The summed E-state index contributed by atoms with van der Waals surface area (Å²) in [6, 6.07) is 2.60. The largest absolute Gasteiger partial charge is 0.506 e. The molecular weight excluding hydrogens is 182 g/mol. The van der Waals surface area contributed by atoms with E-state index in [2.05, 4.69) is 0 Å². The fourth-order valence-corrected chi connectivity index (χ4v) is 0.930. The highest BCUT2D eigenvalue weighted by molar-refractivity contribution is 5.89. The van der Waals surface area contributed by atoms with Crippen LogP contribution in [0.1, 0.15) is 29.8 Å². The lowest BCUT2D eigenvalue weighted by Gasteiger charge is -2.03. The Balaban J connectivity index is 0.000000791. The number of aromatic hydroxyl groups is 1. The van der Waals surface area contributed by atoms with Gasteiger partial charge in [0.05, 0.1) is 11.3 Å². The third kappa shape index (κ3) is 2.65. The number of phenolic OH excluding ortho intramolecular Hbond substituents is 1. The number of anilines is 1. The van der Waals surface area contributed by atoms with Crippen molar-refractivity contribution in [2.24, 2.45) is 0 Å². The summed E-state index contributed by atoms with van der Waals surface area (Å²) in [6.07, 6.45) is 0. The summed E-state index contributed by atoms with van der Waals surface area (Å²) in [7, 11) is 0. The lowest BCUT2D eigenvalue weighted by atomic mass is 10.1. The van der Waals surface area contributed by atoms with E-state index in [-0.39, 0.29) is 17.0 Å². The summed E-state index contributed by atoms with van der Waals surface area (Å²) in [5.41, 5.74) is 5.99. The number of aryl methyl sites for hydroxylation is 1. The fourth-order valence-electron chi connectivity index (χ4n) is 0.930. The second-order valence-electron chi connectivity index (χ2n) is 2.54. The van der Waals surface area contributed by atoms with E-state index in [4.69, 9.17) is 10.8 Å². The van der Waals surface area contributed by atoms with Crippen molar-refractivity contribution in [3.63, 3.8) is 0 Å². The van der Waals surface area contributed by atoms with E-state index in [1.165, 1.54) is 12.1 Å². The number of carboxylic acids is 1. The van der Waals surface area contributed by atoms with Gasteiger partial charge in [-0.1, -0.05) is 13.8 Å². The number of benzene rings is 1. The number of nitrogen functional groups attached to an aromatic ring is 1. The van der Waals surface area contributed by atoms with Gasteiger partial charge in [-0.3, -0.25) is 0 Å². The van der Waals surface area contributed by atoms with Gasteiger partial charge in [-0.2, -0.15) is 0 Å². The molecule has 0 heterocycles. The zero-order valence-electron chi connectivity index (χ0n) is 8.53. The Morgan fingerprint density at radius 3 is 2.21 bits per heavy atom. The molecule has 0 amide bonds. The Kier molecular flexibility index (Phi) is 4.49. The molecule has 0 spiro atoms. The van der Waals surface area contributed by atoms with E-state index in [1.54, 1.807) is 6.92 Å². The molecule has 0 aliphatic rings. The number of hydrogen-bond acceptors (Lipinski definition) is 3. The summed E-state index contributed by atoms with van der Waals surface area (Å²) < 4.78 is 0. The second-order valence-corrected chi connectivity index (χ2v) is 2.54. The summed E-state index contributed by atoms with van der Waals surface area (Å²) in [5.74, 6) is -1.11. The molecule has 1 aromatic carbocycles. The fraction of sp³-hybridized carbons (Fsp3) is 0.300. The topological polar surface area (TPSA) is 83.5 Å². The normalized spacial score (nSPS) is 8.79. The molecule has 14 heavy (non-hydrogen) atoms. The highest BCUT2D eigenvalue weighted by Crippen LogP contribution is 2.25. The molecule has 4 N–H and O–H groups in total. The quantitative estimate of drug-likeness (QED) is 0.475. The lowest BCUT2D eigenvalue weighted by Crippen LogP contribution is -1.99. The highest BCUT2D eigenvalue weighted by atomic mass is 16.4. The van der Waals surface area contributed by atoms with E-state index >= 15 is 0 Å². The van der Waals surface area contributed by atoms with Gasteiger partial charge in [0.25, 0.3) is 0 Å². The summed E-state index contributed by atoms with van der Waals surface area (Å²) in [5, 5.41) is 17.8. The van der Waals surface area contributed by atoms with Crippen molar-refractivity contribution in [2.75, 3.05) is 5.73 Å². The Morgan fingerprint density at radius 2 is 1.86 bits per heavy atom. The number of nitrogens with two attached hydrogens (primary N) is 1. The molecule has 0 fully saturated rings. The molecule has 0 aromatic heterocycles. The predicted octanol–water partition coefficient (Wildman–Crippen LogP) is 2.01. The van der Waals surface area contributed by atoms with Gasteiger partial charge in [0.1, 0.15) is 5.75 Å². The minimum Gasteiger partial charge on any atom is -0.506 e. The van der Waals surface area contributed by atoms with Gasteiger partial charge in [0.2, 0.25) is 0 Å². The van der Waals surface area contributed by atoms with Crippen molar-refractivity contribution in [3.8, 4) is 5.75 Å². The smallest absolute Gasteiger partial charge is 0.335 e. The third-order valence-electron chi connectivity index (χ3n) is 1.58. The molecule has 1 rings (SSSR count). The van der Waals surface area contributed by atoms with Crippen molar-refractivity contribution in [1.82, 2.24) is 0 Å². The maximum absolute atomic E-state index is 10.5. The van der Waals surface area contributed by atoms with Gasteiger partial charge < -0.3 is 15.9 Å². The number of phenols is 1. The SMILES string of the molecule is CC.Cc1cc(C(=O)O)cc(N)c1O. The standard InChI is InChI=1S/C8H9NO3.C2H6/c1-4-2-5(8(11)12)3-6(9)7(4)10;1-2/h2-3,10H,9H2,1H3,(H,11,12);1-2H3. The van der Waals surface area contributed by atoms with Crippen molar-refractivity contribution in [3.05, 3.63) is 23.3 Å². The van der Waals surface area contributed by atoms with Crippen molar-refractivity contribution >= 4 is 11.7 Å². The average molecular weight is 197 g/mol. The number of aromatic carboxylic acids is 1. The number of hydrogen-bond donors (Lipinski definition) is 3. The van der Waals surface area contributed by atoms with Crippen LogP contribution in [0.15, 0.2) is 12.1 Å². The van der Waals surface area contributed by atoms with E-state index in [0.717, 1.165) is 0 Å². The van der Waals surface area contributed by atoms with Gasteiger partial charge in [-0.25, -0.2) is 4.79 Å². The van der Waals surface area contributed by atoms with Crippen LogP contribution in [0.25, 0.3) is 0 Å². The molecule has 0 radical (unpaired) electrons. The average Bonchev–Trinajstić information content (AvgIpc) is 2.16. The number of carbonyl (C=O) groups is 1. The molecule has 4 nitrogen and oxygen atoms in total. The number of carboxylic acid groups (broad SMARTS) is 1. The first-order valence-corrected chi connectivity index (χ1v) is 4.34. The first-order chi connectivity index (χ1) is 6.52. The maximum Gasteiger partial charge on any atom is 0.335 e. The molecule has 0 bridgehead atoms. The third-order valence-corrected chi connectivity index (χ3v) is 1.58. The van der Waals surface area contributed by atoms with Gasteiger partial charge in [-0.15, -0.1) is 0 Å². The zero-order chi connectivity index (χ0) is 11.3. The zero-order valence-corrected chi connectivity index (χ0v) is 8.53. The van der Waals surface area contributed by atoms with E-state index in [0.29, 0.717) is 5.56 Å². The second kappa shape index (κ2) is 5.11. The molecule has 0 atom stereocenters. The van der Waals surface area contributed by atoms with Crippen LogP contribution in [0.4, 0.5) is 5.69 Å². The molecule has 4 heteroatoms. The molecule has 0 aliphatic heterocycles. The van der Waals surface area contributed by atoms with Gasteiger partial charge >= 0.3 is 5.97 Å². The summed E-state index contributed by atoms with van der Waals surface area (Å²) in [4.78, 5) is 10.5. The van der Waals surface area contributed by atoms with Crippen LogP contribution in [0, 0.1) is 6.92 Å². The molecule has 0 saturated heterocycles. The van der Waals surface area contributed by atoms with E-state index in [9.17, 15) is 9.90 Å². The Labute approximate surface area is 83.0 Å². The van der Waals surface area contributed by atoms with Gasteiger partial charge in [0.15, 0.2) is 0 Å². The van der Waals surface area contributed by atoms with Crippen molar-refractivity contribution in [1.29, 1.82) is 0 Å². The molecular formula is C10H15NO3. The van der Waals surface area contributed by atoms with Crippen LogP contribution in [0.2, 0.25) is 0 Å². The van der Waals surface area contributed by atoms with E-state index < -0.39 is 5.97 Å². The van der Waals surface area contributed by atoms with Crippen LogP contribution in [-0.4, -0.2) is 16.2 Å². The van der Waals surface area contributed by atoms with Crippen LogP contribution in [0.3, 0.4) is 0 Å². The Hall–Kier alpha value is -1.71. The van der Waals surface area contributed by atoms with Crippen LogP contribution in [0.5, 0.6) is 5.75 Å². The van der Waals surface area contributed by atoms with Crippen LogP contribution in [-0.2, 0) is 0 Å². The van der Waals surface area contributed by atoms with Crippen molar-refractivity contribution < 1.29 is 15.0 Å². The molecule has 0 saturated carbocycles.